The summed E-state index contributed by atoms with van der Waals surface area (Å²) < 4.78 is 14.3. The predicted octanol–water partition coefficient (Wildman–Crippen LogP) is 10.2. The molecule has 6 rings (SSSR count). The smallest absolute Gasteiger partial charge is 0.342 e. The molecule has 3 nitrogen and oxygen atoms in total. The molecule has 2 aliphatic carbocycles. The van der Waals surface area contributed by atoms with Crippen LogP contribution in [0.4, 0.5) is 0 Å². The van der Waals surface area contributed by atoms with Crippen molar-refractivity contribution in [3.05, 3.63) is 100 Å². The van der Waals surface area contributed by atoms with Gasteiger partial charge in [0.1, 0.15) is 23.5 Å². The summed E-state index contributed by atoms with van der Waals surface area (Å²) in [4.78, 5) is 14.0. The number of fused-ring (bicyclic) bond motifs is 3. The minimum Gasteiger partial charge on any atom is -0.489 e. The van der Waals surface area contributed by atoms with Gasteiger partial charge in [0.25, 0.3) is 0 Å². The summed E-state index contributed by atoms with van der Waals surface area (Å²) in [5, 5.41) is 2.30. The van der Waals surface area contributed by atoms with Crippen LogP contribution < -0.4 is 4.74 Å². The van der Waals surface area contributed by atoms with Crippen LogP contribution in [0.5, 0.6) is 5.75 Å². The Labute approximate surface area is 252 Å². The topological polar surface area (TPSA) is 35.5 Å². The van der Waals surface area contributed by atoms with Crippen molar-refractivity contribution >= 4 is 32.7 Å². The van der Waals surface area contributed by atoms with E-state index in [0.717, 1.165) is 51.2 Å². The molecule has 4 aromatic rings. The van der Waals surface area contributed by atoms with Crippen LogP contribution in [-0.4, -0.2) is 12.1 Å². The van der Waals surface area contributed by atoms with Crippen molar-refractivity contribution in [2.24, 2.45) is 23.7 Å². The number of halogens is 1. The van der Waals surface area contributed by atoms with Crippen molar-refractivity contribution in [2.45, 2.75) is 65.6 Å². The first kappa shape index (κ1) is 28.0. The van der Waals surface area contributed by atoms with Crippen molar-refractivity contribution in [3.63, 3.8) is 0 Å². The number of carbonyl (C=O) groups excluding carboxylic acids is 1. The Kier molecular flexibility index (Phi) is 7.96. The first-order valence-electron chi connectivity index (χ1n) is 15.1. The first-order valence-corrected chi connectivity index (χ1v) is 15.9. The van der Waals surface area contributed by atoms with E-state index in [9.17, 15) is 4.79 Å². The average molecular weight is 612 g/mol. The lowest BCUT2D eigenvalue weighted by Gasteiger charge is -2.37. The Morgan fingerprint density at radius 1 is 0.902 bits per heavy atom. The van der Waals surface area contributed by atoms with Gasteiger partial charge in [0.15, 0.2) is 0 Å². The Hall–Kier alpha value is -3.11. The van der Waals surface area contributed by atoms with E-state index in [1.165, 1.54) is 12.0 Å². The van der Waals surface area contributed by atoms with Gasteiger partial charge in [-0.3, -0.25) is 0 Å². The molecule has 0 unspecified atom stereocenters. The molecule has 0 heterocycles. The molecule has 1 saturated carbocycles. The standard InChI is InChI=1S/C37H39BrO3/c1-22(2)30-15-10-23(3)18-33(30)40-34-21-26(25-8-6-5-7-9-25)13-16-32(34)37(39)41-36-24(4)19-28-12-11-27-20-29(38)14-17-31(27)35(28)36/h5-9,11-14,16-17,20-24,30,33,36H,10,15,18-19H2,1-4H3/t23-,24-,30+,33-,36+/m1/s1. The normalized spacial score (nSPS) is 23.9. The third-order valence-corrected chi connectivity index (χ3v) is 9.73. The molecule has 0 radical (unpaired) electrons. The maximum Gasteiger partial charge on any atom is 0.342 e. The average Bonchev–Trinajstić information content (AvgIpc) is 3.28. The number of hydrogen-bond acceptors (Lipinski definition) is 3. The summed E-state index contributed by atoms with van der Waals surface area (Å²) in [6.45, 7) is 9.06. The van der Waals surface area contributed by atoms with Crippen LogP contribution in [-0.2, 0) is 11.2 Å². The molecule has 41 heavy (non-hydrogen) atoms. The predicted molar refractivity (Wildman–Crippen MR) is 170 cm³/mol. The number of benzene rings is 4. The van der Waals surface area contributed by atoms with E-state index >= 15 is 0 Å². The zero-order chi connectivity index (χ0) is 28.7. The number of ether oxygens (including phenoxy) is 2. The number of rotatable bonds is 6. The van der Waals surface area contributed by atoms with Crippen molar-refractivity contribution in [1.29, 1.82) is 0 Å². The van der Waals surface area contributed by atoms with Gasteiger partial charge in [-0.2, -0.15) is 0 Å². The van der Waals surface area contributed by atoms with E-state index in [-0.39, 0.29) is 24.1 Å². The molecule has 0 aliphatic heterocycles. The van der Waals surface area contributed by atoms with E-state index in [4.69, 9.17) is 9.47 Å². The van der Waals surface area contributed by atoms with Crippen LogP contribution in [0.1, 0.15) is 74.5 Å². The molecule has 0 saturated heterocycles. The Morgan fingerprint density at radius 3 is 2.49 bits per heavy atom. The second-order valence-electron chi connectivity index (χ2n) is 12.6. The molecule has 0 N–H and O–H groups in total. The summed E-state index contributed by atoms with van der Waals surface area (Å²) in [6, 6.07) is 26.9. The Bertz CT molecular complexity index is 1560. The van der Waals surface area contributed by atoms with Crippen molar-refractivity contribution in [3.8, 4) is 16.9 Å². The van der Waals surface area contributed by atoms with Crippen molar-refractivity contribution < 1.29 is 14.3 Å². The Morgan fingerprint density at radius 2 is 1.71 bits per heavy atom. The van der Waals surface area contributed by atoms with Gasteiger partial charge >= 0.3 is 5.97 Å². The fraction of sp³-hybridized carbons (Fsp3) is 0.378. The maximum absolute atomic E-state index is 14.0. The summed E-state index contributed by atoms with van der Waals surface area (Å²) in [7, 11) is 0. The monoisotopic (exact) mass is 610 g/mol. The lowest BCUT2D eigenvalue weighted by molar-refractivity contribution is 0.0174. The van der Waals surface area contributed by atoms with Crippen LogP contribution in [0, 0.1) is 23.7 Å². The molecule has 4 heteroatoms. The molecule has 212 valence electrons. The second kappa shape index (κ2) is 11.6. The summed E-state index contributed by atoms with van der Waals surface area (Å²) in [5.41, 5.74) is 5.05. The third kappa shape index (κ3) is 5.68. The first-order chi connectivity index (χ1) is 19.8. The van der Waals surface area contributed by atoms with E-state index in [2.05, 4.69) is 86.1 Å². The highest BCUT2D eigenvalue weighted by Gasteiger charge is 2.36. The minimum absolute atomic E-state index is 0.0739. The van der Waals surface area contributed by atoms with E-state index in [1.807, 2.05) is 36.4 Å². The second-order valence-corrected chi connectivity index (χ2v) is 13.5. The summed E-state index contributed by atoms with van der Waals surface area (Å²) in [5.74, 6) is 2.09. The summed E-state index contributed by atoms with van der Waals surface area (Å²) >= 11 is 3.60. The number of esters is 1. The number of hydrogen-bond donors (Lipinski definition) is 0. The lowest BCUT2D eigenvalue weighted by atomic mass is 9.75. The number of carbonyl (C=O) groups is 1. The zero-order valence-electron chi connectivity index (χ0n) is 24.4. The van der Waals surface area contributed by atoms with Crippen LogP contribution in [0.25, 0.3) is 21.9 Å². The fourth-order valence-electron chi connectivity index (χ4n) is 6.99. The largest absolute Gasteiger partial charge is 0.489 e. The van der Waals surface area contributed by atoms with Gasteiger partial charge in [-0.05, 0) is 88.7 Å². The van der Waals surface area contributed by atoms with Crippen LogP contribution in [0.2, 0.25) is 0 Å². The van der Waals surface area contributed by atoms with Gasteiger partial charge in [-0.25, -0.2) is 4.79 Å². The van der Waals surface area contributed by atoms with E-state index in [1.54, 1.807) is 0 Å². The SMILES string of the molecule is CC(C)[C@@H]1CC[C@@H](C)C[C@H]1Oc1cc(-c2ccccc2)ccc1C(=O)O[C@@H]1c2c(ccc3cc(Br)ccc23)C[C@H]1C. The zero-order valence-corrected chi connectivity index (χ0v) is 26.0. The van der Waals surface area contributed by atoms with Gasteiger partial charge in [0.05, 0.1) is 0 Å². The van der Waals surface area contributed by atoms with Crippen LogP contribution in [0.3, 0.4) is 0 Å². The van der Waals surface area contributed by atoms with E-state index in [0.29, 0.717) is 29.1 Å². The van der Waals surface area contributed by atoms with Gasteiger partial charge in [0.2, 0.25) is 0 Å². The summed E-state index contributed by atoms with van der Waals surface area (Å²) in [6.07, 6.45) is 4.05. The fourth-order valence-corrected chi connectivity index (χ4v) is 7.37. The molecular weight excluding hydrogens is 572 g/mol. The molecular formula is C37H39BrO3. The Balaban J connectivity index is 1.36. The molecule has 1 fully saturated rings. The molecule has 0 amide bonds. The van der Waals surface area contributed by atoms with Gasteiger partial charge in [0, 0.05) is 16.0 Å². The van der Waals surface area contributed by atoms with E-state index < -0.39 is 0 Å². The van der Waals surface area contributed by atoms with Gasteiger partial charge in [-0.1, -0.05) is 105 Å². The highest BCUT2D eigenvalue weighted by Crippen LogP contribution is 2.44. The maximum atomic E-state index is 14.0. The van der Waals surface area contributed by atoms with Gasteiger partial charge < -0.3 is 9.47 Å². The molecule has 0 aromatic heterocycles. The van der Waals surface area contributed by atoms with Gasteiger partial charge in [-0.15, -0.1) is 0 Å². The highest BCUT2D eigenvalue weighted by molar-refractivity contribution is 9.10. The van der Waals surface area contributed by atoms with Crippen molar-refractivity contribution in [1.82, 2.24) is 0 Å². The lowest BCUT2D eigenvalue weighted by Crippen LogP contribution is -2.36. The molecule has 2 aliphatic rings. The molecule has 5 atom stereocenters. The third-order valence-electron chi connectivity index (χ3n) is 9.24. The highest BCUT2D eigenvalue weighted by atomic mass is 79.9. The van der Waals surface area contributed by atoms with Crippen LogP contribution >= 0.6 is 15.9 Å². The molecule has 0 spiro atoms. The minimum atomic E-state index is -0.316. The quantitative estimate of drug-likeness (QED) is 0.204. The molecule has 4 aromatic carbocycles. The molecule has 0 bridgehead atoms. The van der Waals surface area contributed by atoms with Crippen LogP contribution in [0.15, 0.2) is 83.3 Å². The van der Waals surface area contributed by atoms with Crippen molar-refractivity contribution in [2.75, 3.05) is 0 Å².